The second-order valence-corrected chi connectivity index (χ2v) is 8.28. The van der Waals surface area contributed by atoms with Crippen LogP contribution in [-0.2, 0) is 5.75 Å². The van der Waals surface area contributed by atoms with Crippen molar-refractivity contribution in [2.24, 2.45) is 0 Å². The van der Waals surface area contributed by atoms with Crippen LogP contribution in [0.5, 0.6) is 0 Å². The lowest BCUT2D eigenvalue weighted by molar-refractivity contribution is 0.527. The van der Waals surface area contributed by atoms with Gasteiger partial charge in [-0.15, -0.1) is 20.4 Å². The van der Waals surface area contributed by atoms with Crippen LogP contribution in [0.2, 0.25) is 0 Å². The van der Waals surface area contributed by atoms with E-state index in [2.05, 4.69) is 40.9 Å². The Morgan fingerprint density at radius 3 is 2.68 bits per heavy atom. The van der Waals surface area contributed by atoms with Gasteiger partial charge in [-0.2, -0.15) is 0 Å². The van der Waals surface area contributed by atoms with Crippen molar-refractivity contribution in [1.82, 2.24) is 25.0 Å². The lowest BCUT2D eigenvalue weighted by Crippen LogP contribution is -2.01. The molecule has 25 heavy (non-hydrogen) atoms. The molecule has 5 rings (SSSR count). The standard InChI is InChI=1S/C17H16BrN5OS/c18-13-4-2-1-3-12(13)16-21-19-14(24-16)9-25-17-22-20-15(10-5-6-10)23(17)11-7-8-11/h1-4,10-11H,5-9H2. The van der Waals surface area contributed by atoms with Crippen LogP contribution in [-0.4, -0.2) is 25.0 Å². The number of rotatable bonds is 6. The molecule has 0 atom stereocenters. The molecule has 0 bridgehead atoms. The monoisotopic (exact) mass is 417 g/mol. The predicted molar refractivity (Wildman–Crippen MR) is 97.3 cm³/mol. The lowest BCUT2D eigenvalue weighted by Gasteiger charge is -2.06. The highest BCUT2D eigenvalue weighted by Crippen LogP contribution is 2.46. The molecular weight excluding hydrogens is 402 g/mol. The lowest BCUT2D eigenvalue weighted by atomic mass is 10.2. The first kappa shape index (κ1) is 15.6. The van der Waals surface area contributed by atoms with Gasteiger partial charge in [0.15, 0.2) is 5.16 Å². The zero-order chi connectivity index (χ0) is 16.8. The first-order chi connectivity index (χ1) is 12.3. The molecule has 1 aromatic carbocycles. The summed E-state index contributed by atoms with van der Waals surface area (Å²) in [5.74, 6) is 3.53. The number of hydrogen-bond donors (Lipinski definition) is 0. The van der Waals surface area contributed by atoms with E-state index in [4.69, 9.17) is 4.42 Å². The zero-order valence-corrected chi connectivity index (χ0v) is 15.8. The molecular formula is C17H16BrN5OS. The highest BCUT2D eigenvalue weighted by molar-refractivity contribution is 9.10. The average Bonchev–Trinajstić information content (AvgIpc) is 3.55. The molecule has 3 aromatic rings. The molecule has 0 radical (unpaired) electrons. The summed E-state index contributed by atoms with van der Waals surface area (Å²) in [7, 11) is 0. The zero-order valence-electron chi connectivity index (χ0n) is 13.4. The van der Waals surface area contributed by atoms with E-state index in [1.165, 1.54) is 31.5 Å². The van der Waals surface area contributed by atoms with E-state index in [9.17, 15) is 0 Å². The van der Waals surface area contributed by atoms with Crippen molar-refractivity contribution in [1.29, 1.82) is 0 Å². The fraction of sp³-hybridized carbons (Fsp3) is 0.412. The van der Waals surface area contributed by atoms with Crippen molar-refractivity contribution in [2.45, 2.75) is 48.6 Å². The van der Waals surface area contributed by atoms with Crippen LogP contribution in [0.1, 0.15) is 49.4 Å². The fourth-order valence-corrected chi connectivity index (χ4v) is 4.17. The van der Waals surface area contributed by atoms with Crippen LogP contribution in [0.25, 0.3) is 11.5 Å². The molecule has 128 valence electrons. The van der Waals surface area contributed by atoms with Crippen LogP contribution >= 0.6 is 27.7 Å². The van der Waals surface area contributed by atoms with Gasteiger partial charge in [-0.05, 0) is 53.7 Å². The van der Waals surface area contributed by atoms with Crippen LogP contribution in [0.3, 0.4) is 0 Å². The highest BCUT2D eigenvalue weighted by atomic mass is 79.9. The summed E-state index contributed by atoms with van der Waals surface area (Å²) in [5, 5.41) is 18.2. The second kappa shape index (κ2) is 6.25. The molecule has 2 heterocycles. The van der Waals surface area contributed by atoms with Gasteiger partial charge in [-0.25, -0.2) is 0 Å². The van der Waals surface area contributed by atoms with E-state index in [0.717, 1.165) is 15.2 Å². The highest BCUT2D eigenvalue weighted by Gasteiger charge is 2.36. The Bertz CT molecular complexity index is 915. The molecule has 0 aliphatic heterocycles. The van der Waals surface area contributed by atoms with Gasteiger partial charge in [0.1, 0.15) is 5.82 Å². The molecule has 2 aromatic heterocycles. The van der Waals surface area contributed by atoms with E-state index in [0.29, 0.717) is 29.5 Å². The molecule has 2 aliphatic rings. The Morgan fingerprint density at radius 1 is 1.08 bits per heavy atom. The molecule has 0 unspecified atom stereocenters. The largest absolute Gasteiger partial charge is 0.420 e. The normalized spacial score (nSPS) is 17.2. The summed E-state index contributed by atoms with van der Waals surface area (Å²) >= 11 is 5.15. The topological polar surface area (TPSA) is 69.6 Å². The summed E-state index contributed by atoms with van der Waals surface area (Å²) in [6.45, 7) is 0. The third-order valence-corrected chi connectivity index (χ3v) is 6.06. The number of halogens is 1. The van der Waals surface area contributed by atoms with Crippen LogP contribution in [0.15, 0.2) is 38.3 Å². The minimum absolute atomic E-state index is 0.533. The maximum Gasteiger partial charge on any atom is 0.248 e. The van der Waals surface area contributed by atoms with Crippen LogP contribution < -0.4 is 0 Å². The van der Waals surface area contributed by atoms with Crippen molar-refractivity contribution in [2.75, 3.05) is 0 Å². The SMILES string of the molecule is Brc1ccccc1-c1nnc(CSc2nnc(C3CC3)n2C2CC2)o1. The summed E-state index contributed by atoms with van der Waals surface area (Å²) < 4.78 is 9.11. The third-order valence-electron chi connectivity index (χ3n) is 4.44. The van der Waals surface area contributed by atoms with E-state index >= 15 is 0 Å². The number of aromatic nitrogens is 5. The van der Waals surface area contributed by atoms with E-state index in [1.807, 2.05) is 24.3 Å². The minimum atomic E-state index is 0.533. The number of nitrogens with zero attached hydrogens (tertiary/aromatic N) is 5. The van der Waals surface area contributed by atoms with Gasteiger partial charge in [0.05, 0.1) is 11.3 Å². The summed E-state index contributed by atoms with van der Waals surface area (Å²) in [6, 6.07) is 8.43. The van der Waals surface area contributed by atoms with Crippen LogP contribution in [0, 0.1) is 0 Å². The van der Waals surface area contributed by atoms with Gasteiger partial charge >= 0.3 is 0 Å². The summed E-state index contributed by atoms with van der Waals surface area (Å²) in [4.78, 5) is 0. The maximum absolute atomic E-state index is 5.82. The van der Waals surface area contributed by atoms with Gasteiger partial charge in [0, 0.05) is 16.4 Å². The van der Waals surface area contributed by atoms with Gasteiger partial charge in [0.2, 0.25) is 11.8 Å². The summed E-state index contributed by atoms with van der Waals surface area (Å²) in [6.07, 6.45) is 4.96. The molecule has 0 spiro atoms. The molecule has 2 fully saturated rings. The first-order valence-corrected chi connectivity index (χ1v) is 10.2. The molecule has 8 heteroatoms. The number of thioether (sulfide) groups is 1. The smallest absolute Gasteiger partial charge is 0.248 e. The molecule has 0 amide bonds. The fourth-order valence-electron chi connectivity index (χ4n) is 2.86. The predicted octanol–water partition coefficient (Wildman–Crippen LogP) is 4.60. The van der Waals surface area contributed by atoms with Gasteiger partial charge in [0.25, 0.3) is 0 Å². The second-order valence-electron chi connectivity index (χ2n) is 6.49. The van der Waals surface area contributed by atoms with Gasteiger partial charge in [-0.3, -0.25) is 0 Å². The van der Waals surface area contributed by atoms with Crippen LogP contribution in [0.4, 0.5) is 0 Å². The van der Waals surface area contributed by atoms with Crippen molar-refractivity contribution < 1.29 is 4.42 Å². The first-order valence-electron chi connectivity index (χ1n) is 8.44. The molecule has 6 nitrogen and oxygen atoms in total. The molecule has 0 N–H and O–H groups in total. The van der Waals surface area contributed by atoms with E-state index in [1.54, 1.807) is 11.8 Å². The quantitative estimate of drug-likeness (QED) is 0.545. The third kappa shape index (κ3) is 3.13. The Balaban J connectivity index is 1.33. The Hall–Kier alpha value is -1.67. The minimum Gasteiger partial charge on any atom is -0.420 e. The Morgan fingerprint density at radius 2 is 1.92 bits per heavy atom. The van der Waals surface area contributed by atoms with Crippen molar-refractivity contribution in [3.8, 4) is 11.5 Å². The van der Waals surface area contributed by atoms with Gasteiger partial charge in [-0.1, -0.05) is 23.9 Å². The van der Waals surface area contributed by atoms with Crippen molar-refractivity contribution in [3.05, 3.63) is 40.5 Å². The summed E-state index contributed by atoms with van der Waals surface area (Å²) in [5.41, 5.74) is 0.906. The maximum atomic E-state index is 5.82. The average molecular weight is 418 g/mol. The number of hydrogen-bond acceptors (Lipinski definition) is 6. The number of benzene rings is 1. The van der Waals surface area contributed by atoms with Crippen molar-refractivity contribution >= 4 is 27.7 Å². The molecule has 0 saturated heterocycles. The van der Waals surface area contributed by atoms with Gasteiger partial charge < -0.3 is 8.98 Å². The Kier molecular flexibility index (Phi) is 3.89. The van der Waals surface area contributed by atoms with E-state index < -0.39 is 0 Å². The Labute approximate surface area is 157 Å². The molecule has 2 aliphatic carbocycles. The van der Waals surface area contributed by atoms with E-state index in [-0.39, 0.29) is 0 Å². The van der Waals surface area contributed by atoms with Crippen molar-refractivity contribution in [3.63, 3.8) is 0 Å². The molecule has 2 saturated carbocycles.